The van der Waals surface area contributed by atoms with Crippen molar-refractivity contribution in [3.8, 4) is 16.9 Å². The van der Waals surface area contributed by atoms with Crippen LogP contribution in [0.4, 0.5) is 0 Å². The van der Waals surface area contributed by atoms with Crippen molar-refractivity contribution in [2.24, 2.45) is 5.92 Å². The van der Waals surface area contributed by atoms with E-state index in [4.69, 9.17) is 4.74 Å². The molecule has 0 saturated carbocycles. The molecule has 2 aromatic carbocycles. The summed E-state index contributed by atoms with van der Waals surface area (Å²) >= 11 is 0. The van der Waals surface area contributed by atoms with Crippen LogP contribution in [0.25, 0.3) is 11.1 Å². The fourth-order valence-corrected chi connectivity index (χ4v) is 3.71. The quantitative estimate of drug-likeness (QED) is 0.847. The molecule has 0 radical (unpaired) electrons. The number of piperidine rings is 1. The summed E-state index contributed by atoms with van der Waals surface area (Å²) < 4.78 is 5.49. The molecule has 0 bridgehead atoms. The minimum atomic E-state index is 0.432. The van der Waals surface area contributed by atoms with Crippen LogP contribution in [-0.4, -0.2) is 38.7 Å². The summed E-state index contributed by atoms with van der Waals surface area (Å²) in [5.41, 5.74) is 3.72. The molecule has 1 aliphatic rings. The van der Waals surface area contributed by atoms with E-state index in [1.165, 1.54) is 43.6 Å². The van der Waals surface area contributed by atoms with Gasteiger partial charge in [0, 0.05) is 18.2 Å². The highest BCUT2D eigenvalue weighted by Gasteiger charge is 2.19. The zero-order valence-corrected chi connectivity index (χ0v) is 15.7. The lowest BCUT2D eigenvalue weighted by Gasteiger charge is -2.31. The van der Waals surface area contributed by atoms with Gasteiger partial charge in [0.1, 0.15) is 5.75 Å². The van der Waals surface area contributed by atoms with Gasteiger partial charge >= 0.3 is 0 Å². The molecule has 0 spiro atoms. The van der Waals surface area contributed by atoms with Crippen molar-refractivity contribution in [1.29, 1.82) is 0 Å². The SMILES string of the molecule is COc1ccccc1-c1ccc(C(C)N(C)CC2CCNCC2)cc1. The van der Waals surface area contributed by atoms with E-state index in [1.54, 1.807) is 7.11 Å². The summed E-state index contributed by atoms with van der Waals surface area (Å²) in [6.45, 7) is 5.82. The summed E-state index contributed by atoms with van der Waals surface area (Å²) in [6.07, 6.45) is 2.59. The molecule has 0 aromatic heterocycles. The maximum Gasteiger partial charge on any atom is 0.126 e. The fourth-order valence-electron chi connectivity index (χ4n) is 3.71. The Morgan fingerprint density at radius 3 is 2.44 bits per heavy atom. The number of benzene rings is 2. The number of nitrogens with one attached hydrogen (secondary N) is 1. The van der Waals surface area contributed by atoms with Crippen LogP contribution in [0.5, 0.6) is 5.75 Å². The summed E-state index contributed by atoms with van der Waals surface area (Å²) in [7, 11) is 3.98. The van der Waals surface area contributed by atoms with E-state index in [0.717, 1.165) is 17.2 Å². The van der Waals surface area contributed by atoms with E-state index in [1.807, 2.05) is 12.1 Å². The number of nitrogens with zero attached hydrogens (tertiary/aromatic N) is 1. The lowest BCUT2D eigenvalue weighted by molar-refractivity contribution is 0.197. The van der Waals surface area contributed by atoms with Crippen LogP contribution in [0, 0.1) is 5.92 Å². The third-order valence-electron chi connectivity index (χ3n) is 5.48. The summed E-state index contributed by atoms with van der Waals surface area (Å²) in [5, 5.41) is 3.45. The Labute approximate surface area is 152 Å². The molecule has 0 aliphatic carbocycles. The van der Waals surface area contributed by atoms with Gasteiger partial charge in [0.25, 0.3) is 0 Å². The van der Waals surface area contributed by atoms with Crippen LogP contribution < -0.4 is 10.1 Å². The molecule has 1 saturated heterocycles. The zero-order chi connectivity index (χ0) is 17.6. The van der Waals surface area contributed by atoms with E-state index in [9.17, 15) is 0 Å². The predicted octanol–water partition coefficient (Wildman–Crippen LogP) is 4.35. The summed E-state index contributed by atoms with van der Waals surface area (Å²) in [5.74, 6) is 1.74. The van der Waals surface area contributed by atoms with Crippen LogP contribution in [0.2, 0.25) is 0 Å². The van der Waals surface area contributed by atoms with E-state index < -0.39 is 0 Å². The van der Waals surface area contributed by atoms with Crippen molar-refractivity contribution in [2.45, 2.75) is 25.8 Å². The largest absolute Gasteiger partial charge is 0.496 e. The van der Waals surface area contributed by atoms with Gasteiger partial charge in [-0.25, -0.2) is 0 Å². The monoisotopic (exact) mass is 338 g/mol. The maximum atomic E-state index is 5.49. The van der Waals surface area contributed by atoms with Gasteiger partial charge in [-0.05, 0) is 63.0 Å². The van der Waals surface area contributed by atoms with Crippen LogP contribution in [0.1, 0.15) is 31.4 Å². The second kappa shape index (κ2) is 8.50. The molecule has 3 nitrogen and oxygen atoms in total. The Morgan fingerprint density at radius 2 is 1.76 bits per heavy atom. The molecule has 0 amide bonds. The number of para-hydroxylation sites is 1. The first kappa shape index (κ1) is 18.0. The molecular formula is C22H30N2O. The second-order valence-electron chi connectivity index (χ2n) is 7.13. The molecule has 1 fully saturated rings. The van der Waals surface area contributed by atoms with Gasteiger partial charge in [0.05, 0.1) is 7.11 Å². The van der Waals surface area contributed by atoms with Gasteiger partial charge in [-0.3, -0.25) is 4.90 Å². The maximum absolute atomic E-state index is 5.49. The Kier molecular flexibility index (Phi) is 6.11. The minimum Gasteiger partial charge on any atom is -0.496 e. The first-order valence-electron chi connectivity index (χ1n) is 9.33. The molecule has 1 atom stereocenters. The molecule has 1 aliphatic heterocycles. The third-order valence-corrected chi connectivity index (χ3v) is 5.48. The summed E-state index contributed by atoms with van der Waals surface area (Å²) in [4.78, 5) is 2.49. The van der Waals surface area contributed by atoms with Crippen LogP contribution in [0.3, 0.4) is 0 Å². The van der Waals surface area contributed by atoms with Gasteiger partial charge in [-0.1, -0.05) is 42.5 Å². The lowest BCUT2D eigenvalue weighted by atomic mass is 9.96. The predicted molar refractivity (Wildman–Crippen MR) is 105 cm³/mol. The van der Waals surface area contributed by atoms with E-state index in [0.29, 0.717) is 6.04 Å². The summed E-state index contributed by atoms with van der Waals surface area (Å²) in [6, 6.07) is 17.6. The number of methoxy groups -OCH3 is 1. The minimum absolute atomic E-state index is 0.432. The Bertz CT molecular complexity index is 662. The molecule has 2 aromatic rings. The zero-order valence-electron chi connectivity index (χ0n) is 15.7. The van der Waals surface area contributed by atoms with Crippen molar-refractivity contribution >= 4 is 0 Å². The molecule has 1 unspecified atom stereocenters. The standard InChI is InChI=1S/C22H30N2O/c1-17(24(2)16-18-12-14-23-15-13-18)19-8-10-20(11-9-19)21-6-4-5-7-22(21)25-3/h4-11,17-18,23H,12-16H2,1-3H3. The molecule has 3 heteroatoms. The van der Waals surface area contributed by atoms with Crippen molar-refractivity contribution in [3.63, 3.8) is 0 Å². The van der Waals surface area contributed by atoms with E-state index in [2.05, 4.69) is 60.6 Å². The Hall–Kier alpha value is -1.84. The topological polar surface area (TPSA) is 24.5 Å². The van der Waals surface area contributed by atoms with Crippen LogP contribution in [-0.2, 0) is 0 Å². The Morgan fingerprint density at radius 1 is 1.08 bits per heavy atom. The molecule has 134 valence electrons. The highest BCUT2D eigenvalue weighted by atomic mass is 16.5. The molecule has 3 rings (SSSR count). The molecule has 1 heterocycles. The number of hydrogen-bond acceptors (Lipinski definition) is 3. The van der Waals surface area contributed by atoms with Crippen molar-refractivity contribution in [1.82, 2.24) is 10.2 Å². The molecule has 1 N–H and O–H groups in total. The highest BCUT2D eigenvalue weighted by molar-refractivity contribution is 5.70. The van der Waals surface area contributed by atoms with E-state index >= 15 is 0 Å². The number of rotatable bonds is 6. The normalized spacial score (nSPS) is 16.8. The first-order chi connectivity index (χ1) is 12.2. The average molecular weight is 338 g/mol. The number of ether oxygens (including phenoxy) is 1. The number of hydrogen-bond donors (Lipinski definition) is 1. The smallest absolute Gasteiger partial charge is 0.126 e. The van der Waals surface area contributed by atoms with Crippen molar-refractivity contribution in [2.75, 3.05) is 33.8 Å². The van der Waals surface area contributed by atoms with Crippen molar-refractivity contribution in [3.05, 3.63) is 54.1 Å². The first-order valence-corrected chi connectivity index (χ1v) is 9.33. The van der Waals surface area contributed by atoms with Gasteiger partial charge in [0.2, 0.25) is 0 Å². The third kappa shape index (κ3) is 4.42. The average Bonchev–Trinajstić information content (AvgIpc) is 2.68. The van der Waals surface area contributed by atoms with Gasteiger partial charge in [-0.2, -0.15) is 0 Å². The highest BCUT2D eigenvalue weighted by Crippen LogP contribution is 2.31. The fraction of sp³-hybridized carbons (Fsp3) is 0.455. The lowest BCUT2D eigenvalue weighted by Crippen LogP contribution is -2.35. The Balaban J connectivity index is 1.68. The van der Waals surface area contributed by atoms with Gasteiger partial charge in [0.15, 0.2) is 0 Å². The second-order valence-corrected chi connectivity index (χ2v) is 7.13. The van der Waals surface area contributed by atoms with Crippen LogP contribution >= 0.6 is 0 Å². The van der Waals surface area contributed by atoms with E-state index in [-0.39, 0.29) is 0 Å². The van der Waals surface area contributed by atoms with Gasteiger partial charge in [-0.15, -0.1) is 0 Å². The van der Waals surface area contributed by atoms with Gasteiger partial charge < -0.3 is 10.1 Å². The van der Waals surface area contributed by atoms with Crippen molar-refractivity contribution < 1.29 is 4.74 Å². The molecular weight excluding hydrogens is 308 g/mol. The van der Waals surface area contributed by atoms with Crippen LogP contribution in [0.15, 0.2) is 48.5 Å². The molecule has 25 heavy (non-hydrogen) atoms.